The van der Waals surface area contributed by atoms with Crippen LogP contribution in [-0.2, 0) is 5.75 Å². The average molecular weight is 251 g/mol. The molecule has 0 saturated heterocycles. The molecule has 90 valence electrons. The van der Waals surface area contributed by atoms with Crippen LogP contribution in [0.15, 0.2) is 29.3 Å². The van der Waals surface area contributed by atoms with E-state index < -0.39 is 5.91 Å². The molecule has 0 aromatic heterocycles. The van der Waals surface area contributed by atoms with Gasteiger partial charge in [0.2, 0.25) is 5.91 Å². The van der Waals surface area contributed by atoms with Crippen LogP contribution in [0.5, 0.6) is 0 Å². The van der Waals surface area contributed by atoms with Gasteiger partial charge in [-0.25, -0.2) is 0 Å². The number of rotatable bonds is 3. The van der Waals surface area contributed by atoms with Gasteiger partial charge in [-0.05, 0) is 11.6 Å². The summed E-state index contributed by atoms with van der Waals surface area (Å²) in [5.41, 5.74) is 16.7. The van der Waals surface area contributed by atoms with E-state index in [0.29, 0.717) is 11.3 Å². The van der Waals surface area contributed by atoms with Crippen molar-refractivity contribution in [2.24, 2.45) is 22.2 Å². The van der Waals surface area contributed by atoms with E-state index in [2.05, 4.69) is 4.99 Å². The molecule has 1 amide bonds. The minimum absolute atomic E-state index is 0.00993. The molecular weight excluding hydrogens is 238 g/mol. The summed E-state index contributed by atoms with van der Waals surface area (Å²) in [6, 6.07) is 6.94. The Balaban J connectivity index is 2.73. The van der Waals surface area contributed by atoms with E-state index in [4.69, 9.17) is 22.6 Å². The zero-order chi connectivity index (χ0) is 12.8. The molecule has 0 aliphatic carbocycles. The van der Waals surface area contributed by atoms with Crippen LogP contribution < -0.4 is 17.2 Å². The number of hydrogen-bond acceptors (Lipinski definition) is 3. The molecule has 6 nitrogen and oxygen atoms in total. The molecule has 7 heteroatoms. The molecule has 0 bridgehead atoms. The third-order valence-electron chi connectivity index (χ3n) is 1.88. The molecule has 17 heavy (non-hydrogen) atoms. The summed E-state index contributed by atoms with van der Waals surface area (Å²) in [4.78, 5) is 14.7. The third-order valence-corrected chi connectivity index (χ3v) is 2.70. The van der Waals surface area contributed by atoms with Crippen molar-refractivity contribution >= 4 is 28.8 Å². The molecular formula is C10H13N5OS. The maximum atomic E-state index is 11.1. The van der Waals surface area contributed by atoms with Crippen molar-refractivity contribution in [3.05, 3.63) is 35.4 Å². The third kappa shape index (κ3) is 4.15. The number of hydrogen-bond donors (Lipinski definition) is 4. The number of carbonyl (C=O) groups is 1. The Bertz CT molecular complexity index is 468. The zero-order valence-corrected chi connectivity index (χ0v) is 9.83. The van der Waals surface area contributed by atoms with E-state index in [1.807, 2.05) is 0 Å². The first kappa shape index (κ1) is 13.0. The fraction of sp³-hybridized carbons (Fsp3) is 0.100. The van der Waals surface area contributed by atoms with Crippen molar-refractivity contribution in [1.29, 1.82) is 5.41 Å². The number of nitrogens with zero attached hydrogens (tertiary/aromatic N) is 1. The lowest BCUT2D eigenvalue weighted by molar-refractivity contribution is 0.0999. The lowest BCUT2D eigenvalue weighted by atomic mass is 10.1. The highest BCUT2D eigenvalue weighted by Gasteiger charge is 2.07. The van der Waals surface area contributed by atoms with E-state index in [-0.39, 0.29) is 11.1 Å². The lowest BCUT2D eigenvalue weighted by Crippen LogP contribution is -2.23. The highest BCUT2D eigenvalue weighted by molar-refractivity contribution is 8.13. The Morgan fingerprint density at radius 3 is 2.53 bits per heavy atom. The summed E-state index contributed by atoms with van der Waals surface area (Å²) in [7, 11) is 0. The fourth-order valence-electron chi connectivity index (χ4n) is 1.18. The molecule has 0 aliphatic heterocycles. The molecule has 0 fully saturated rings. The SMILES string of the molecule is N=C(N=C(N)N)SCc1ccccc1C(N)=O. The largest absolute Gasteiger partial charge is 0.370 e. The number of amidine groups is 1. The summed E-state index contributed by atoms with van der Waals surface area (Å²) in [6.45, 7) is 0. The number of thioether (sulfide) groups is 1. The van der Waals surface area contributed by atoms with Gasteiger partial charge in [-0.15, -0.1) is 0 Å². The number of nitrogens with one attached hydrogen (secondary N) is 1. The van der Waals surface area contributed by atoms with E-state index in [1.165, 1.54) is 0 Å². The van der Waals surface area contributed by atoms with Gasteiger partial charge in [0.25, 0.3) is 0 Å². The Hall–Kier alpha value is -2.02. The number of guanidine groups is 1. The summed E-state index contributed by atoms with van der Waals surface area (Å²) >= 11 is 1.12. The fourth-order valence-corrected chi connectivity index (χ4v) is 1.90. The van der Waals surface area contributed by atoms with Gasteiger partial charge in [-0.3, -0.25) is 10.2 Å². The van der Waals surface area contributed by atoms with Crippen molar-refractivity contribution in [3.8, 4) is 0 Å². The van der Waals surface area contributed by atoms with E-state index in [0.717, 1.165) is 17.3 Å². The Labute approximate surface area is 103 Å². The van der Waals surface area contributed by atoms with Crippen LogP contribution in [0.3, 0.4) is 0 Å². The second kappa shape index (κ2) is 5.90. The number of carbonyl (C=O) groups excluding carboxylic acids is 1. The maximum Gasteiger partial charge on any atom is 0.249 e. The minimum atomic E-state index is -0.491. The number of aliphatic imine (C=N–C) groups is 1. The molecule has 1 rings (SSSR count). The Morgan fingerprint density at radius 2 is 1.94 bits per heavy atom. The second-order valence-corrected chi connectivity index (χ2v) is 4.12. The zero-order valence-electron chi connectivity index (χ0n) is 9.01. The number of amides is 1. The van der Waals surface area contributed by atoms with Gasteiger partial charge >= 0.3 is 0 Å². The van der Waals surface area contributed by atoms with Crippen molar-refractivity contribution in [2.45, 2.75) is 5.75 Å². The first-order valence-electron chi connectivity index (χ1n) is 4.69. The predicted molar refractivity (Wildman–Crippen MR) is 69.8 cm³/mol. The molecule has 7 N–H and O–H groups in total. The second-order valence-electron chi connectivity index (χ2n) is 3.15. The number of primary amides is 1. The van der Waals surface area contributed by atoms with Gasteiger partial charge in [0.05, 0.1) is 0 Å². The Kier molecular flexibility index (Phi) is 4.53. The van der Waals surface area contributed by atoms with Crippen molar-refractivity contribution in [1.82, 2.24) is 0 Å². The van der Waals surface area contributed by atoms with Crippen LogP contribution >= 0.6 is 11.8 Å². The lowest BCUT2D eigenvalue weighted by Gasteiger charge is -2.05. The summed E-state index contributed by atoms with van der Waals surface area (Å²) in [6.07, 6.45) is 0. The molecule has 0 spiro atoms. The van der Waals surface area contributed by atoms with Crippen molar-refractivity contribution < 1.29 is 4.79 Å². The maximum absolute atomic E-state index is 11.1. The van der Waals surface area contributed by atoms with Crippen LogP contribution in [0.1, 0.15) is 15.9 Å². The molecule has 1 aromatic rings. The van der Waals surface area contributed by atoms with E-state index >= 15 is 0 Å². The van der Waals surface area contributed by atoms with Crippen LogP contribution in [0.25, 0.3) is 0 Å². The molecule has 0 radical (unpaired) electrons. The van der Waals surface area contributed by atoms with Crippen molar-refractivity contribution in [2.75, 3.05) is 0 Å². The molecule has 0 heterocycles. The van der Waals surface area contributed by atoms with Crippen molar-refractivity contribution in [3.63, 3.8) is 0 Å². The van der Waals surface area contributed by atoms with E-state index in [9.17, 15) is 4.79 Å². The molecule has 1 aromatic carbocycles. The van der Waals surface area contributed by atoms with Crippen LogP contribution in [0, 0.1) is 5.41 Å². The monoisotopic (exact) mass is 251 g/mol. The first-order valence-corrected chi connectivity index (χ1v) is 5.68. The predicted octanol–water partition coefficient (Wildman–Crippen LogP) is 0.227. The quantitative estimate of drug-likeness (QED) is 0.452. The van der Waals surface area contributed by atoms with Gasteiger partial charge in [0.1, 0.15) is 0 Å². The minimum Gasteiger partial charge on any atom is -0.370 e. The van der Waals surface area contributed by atoms with Gasteiger partial charge in [0, 0.05) is 11.3 Å². The smallest absolute Gasteiger partial charge is 0.249 e. The summed E-state index contributed by atoms with van der Waals surface area (Å²) in [5, 5.41) is 7.44. The molecule has 0 aliphatic rings. The van der Waals surface area contributed by atoms with Gasteiger partial charge in [0.15, 0.2) is 11.1 Å². The standard InChI is InChI=1S/C10H13N5OS/c11-8(16)7-4-2-1-3-6(7)5-17-10(14)15-9(12)13/h1-4H,5H2,(H2,11,16)(H5,12,13,14,15). The average Bonchev–Trinajstić information content (AvgIpc) is 2.25. The normalized spacial score (nSPS) is 9.65. The summed E-state index contributed by atoms with van der Waals surface area (Å²) in [5.74, 6) is -0.241. The molecule has 0 saturated carbocycles. The van der Waals surface area contributed by atoms with Gasteiger partial charge < -0.3 is 17.2 Å². The topological polar surface area (TPSA) is 131 Å². The highest BCUT2D eigenvalue weighted by Crippen LogP contribution is 2.17. The van der Waals surface area contributed by atoms with Crippen LogP contribution in [-0.4, -0.2) is 17.0 Å². The van der Waals surface area contributed by atoms with Gasteiger partial charge in [-0.2, -0.15) is 4.99 Å². The highest BCUT2D eigenvalue weighted by atomic mass is 32.2. The molecule has 0 atom stereocenters. The first-order chi connectivity index (χ1) is 8.00. The number of benzene rings is 1. The van der Waals surface area contributed by atoms with E-state index in [1.54, 1.807) is 24.3 Å². The molecule has 0 unspecified atom stereocenters. The Morgan fingerprint density at radius 1 is 1.29 bits per heavy atom. The van der Waals surface area contributed by atoms with Gasteiger partial charge in [-0.1, -0.05) is 30.0 Å². The number of nitrogens with two attached hydrogens (primary N) is 3. The van der Waals surface area contributed by atoms with Crippen LogP contribution in [0.2, 0.25) is 0 Å². The summed E-state index contributed by atoms with van der Waals surface area (Å²) < 4.78 is 0. The van der Waals surface area contributed by atoms with Crippen LogP contribution in [0.4, 0.5) is 0 Å².